The molecule has 0 spiro atoms. The van der Waals surface area contributed by atoms with Crippen LogP contribution in [0.2, 0.25) is 5.02 Å². The highest BCUT2D eigenvalue weighted by molar-refractivity contribution is 6.32. The molecule has 1 aromatic carbocycles. The predicted molar refractivity (Wildman–Crippen MR) is 63.9 cm³/mol. The van der Waals surface area contributed by atoms with Crippen molar-refractivity contribution in [2.75, 3.05) is 13.2 Å². The molecule has 0 saturated heterocycles. The van der Waals surface area contributed by atoms with Crippen LogP contribution in [-0.2, 0) is 15.9 Å². The Morgan fingerprint density at radius 2 is 1.88 bits per heavy atom. The summed E-state index contributed by atoms with van der Waals surface area (Å²) in [7, 11) is 0. The molecule has 0 saturated carbocycles. The zero-order valence-electron chi connectivity index (χ0n) is 9.57. The lowest BCUT2D eigenvalue weighted by Crippen LogP contribution is -2.20. The molecule has 1 N–H and O–H groups in total. The Morgan fingerprint density at radius 3 is 2.38 bits per heavy atom. The van der Waals surface area contributed by atoms with Crippen LogP contribution in [0.15, 0.2) is 18.2 Å². The molecule has 0 aliphatic heterocycles. The van der Waals surface area contributed by atoms with Gasteiger partial charge in [-0.2, -0.15) is 0 Å². The van der Waals surface area contributed by atoms with E-state index in [9.17, 15) is 5.11 Å². The van der Waals surface area contributed by atoms with Crippen molar-refractivity contribution in [3.05, 3.63) is 28.8 Å². The van der Waals surface area contributed by atoms with Crippen LogP contribution in [0.5, 0.6) is 5.75 Å². The summed E-state index contributed by atoms with van der Waals surface area (Å²) >= 11 is 5.82. The van der Waals surface area contributed by atoms with Gasteiger partial charge in [0.1, 0.15) is 5.75 Å². The molecule has 0 fully saturated rings. The highest BCUT2D eigenvalue weighted by atomic mass is 35.5. The quantitative estimate of drug-likeness (QED) is 0.782. The average Bonchev–Trinajstić information content (AvgIpc) is 2.24. The number of hydrogen-bond acceptors (Lipinski definition) is 3. The summed E-state index contributed by atoms with van der Waals surface area (Å²) in [4.78, 5) is 0. The van der Waals surface area contributed by atoms with Crippen molar-refractivity contribution in [1.29, 1.82) is 0 Å². The third-order valence-corrected chi connectivity index (χ3v) is 2.42. The predicted octanol–water partition coefficient (Wildman–Crippen LogP) is 2.99. The Morgan fingerprint density at radius 1 is 1.25 bits per heavy atom. The molecule has 4 heteroatoms. The van der Waals surface area contributed by atoms with Crippen LogP contribution in [0.1, 0.15) is 19.4 Å². The van der Waals surface area contributed by atoms with Crippen LogP contribution >= 0.6 is 11.6 Å². The molecule has 1 aromatic rings. The molecule has 0 bridgehead atoms. The molecule has 0 radical (unpaired) electrons. The van der Waals surface area contributed by atoms with E-state index in [1.807, 2.05) is 19.9 Å². The Balaban J connectivity index is 2.65. The van der Waals surface area contributed by atoms with Gasteiger partial charge in [0.15, 0.2) is 6.29 Å². The van der Waals surface area contributed by atoms with Crippen LogP contribution < -0.4 is 0 Å². The van der Waals surface area contributed by atoms with Crippen molar-refractivity contribution < 1.29 is 14.6 Å². The molecule has 0 heterocycles. The minimum absolute atomic E-state index is 0.0924. The molecule has 0 aliphatic carbocycles. The molecule has 90 valence electrons. The Labute approximate surface area is 101 Å². The molecule has 0 aromatic heterocycles. The second kappa shape index (κ2) is 6.74. The minimum atomic E-state index is -0.254. The van der Waals surface area contributed by atoms with Crippen LogP contribution in [0.25, 0.3) is 0 Å². The summed E-state index contributed by atoms with van der Waals surface area (Å²) in [6, 6.07) is 5.11. The number of ether oxygens (including phenoxy) is 2. The van der Waals surface area contributed by atoms with Crippen molar-refractivity contribution in [3.8, 4) is 5.75 Å². The summed E-state index contributed by atoms with van der Waals surface area (Å²) in [5.74, 6) is 0.0924. The van der Waals surface area contributed by atoms with Gasteiger partial charge in [0.2, 0.25) is 0 Å². The SMILES string of the molecule is CCOC(Cc1ccc(O)c(Cl)c1)OCC. The van der Waals surface area contributed by atoms with E-state index in [4.69, 9.17) is 21.1 Å². The third kappa shape index (κ3) is 4.00. The van der Waals surface area contributed by atoms with Gasteiger partial charge >= 0.3 is 0 Å². The summed E-state index contributed by atoms with van der Waals surface area (Å²) in [6.07, 6.45) is 0.373. The molecule has 0 amide bonds. The molecule has 3 nitrogen and oxygen atoms in total. The minimum Gasteiger partial charge on any atom is -0.506 e. The number of aromatic hydroxyl groups is 1. The van der Waals surface area contributed by atoms with Gasteiger partial charge < -0.3 is 14.6 Å². The van der Waals surface area contributed by atoms with E-state index in [1.54, 1.807) is 12.1 Å². The van der Waals surface area contributed by atoms with Crippen LogP contribution in [0.4, 0.5) is 0 Å². The summed E-state index contributed by atoms with van der Waals surface area (Å²) in [5.41, 5.74) is 0.981. The maximum absolute atomic E-state index is 9.29. The lowest BCUT2D eigenvalue weighted by atomic mass is 10.1. The van der Waals surface area contributed by atoms with Crippen molar-refractivity contribution in [2.45, 2.75) is 26.6 Å². The van der Waals surface area contributed by atoms with Gasteiger partial charge in [-0.05, 0) is 31.5 Å². The highest BCUT2D eigenvalue weighted by Gasteiger charge is 2.10. The molecule has 0 unspecified atom stereocenters. The second-order valence-electron chi connectivity index (χ2n) is 3.33. The Bertz CT molecular complexity index is 322. The number of rotatable bonds is 6. The van der Waals surface area contributed by atoms with Gasteiger partial charge in [0, 0.05) is 19.6 Å². The first-order chi connectivity index (χ1) is 7.67. The van der Waals surface area contributed by atoms with Crippen molar-refractivity contribution >= 4 is 11.6 Å². The van der Waals surface area contributed by atoms with Crippen molar-refractivity contribution in [2.24, 2.45) is 0 Å². The number of benzene rings is 1. The van der Waals surface area contributed by atoms with Crippen LogP contribution in [0.3, 0.4) is 0 Å². The summed E-state index contributed by atoms with van der Waals surface area (Å²) < 4.78 is 10.9. The van der Waals surface area contributed by atoms with E-state index in [-0.39, 0.29) is 12.0 Å². The standard InChI is InChI=1S/C12H17ClO3/c1-3-15-12(16-4-2)8-9-5-6-11(14)10(13)7-9/h5-7,12,14H,3-4,8H2,1-2H3. The molecule has 1 rings (SSSR count). The first-order valence-corrected chi connectivity index (χ1v) is 5.75. The number of halogens is 1. The maximum atomic E-state index is 9.29. The number of phenolic OH excluding ortho intramolecular Hbond substituents is 1. The second-order valence-corrected chi connectivity index (χ2v) is 3.74. The molecule has 0 aliphatic rings. The van der Waals surface area contributed by atoms with E-state index in [0.29, 0.717) is 24.7 Å². The van der Waals surface area contributed by atoms with Crippen LogP contribution in [-0.4, -0.2) is 24.6 Å². The fourth-order valence-corrected chi connectivity index (χ4v) is 1.61. The van der Waals surface area contributed by atoms with Gasteiger partial charge in [0.25, 0.3) is 0 Å². The average molecular weight is 245 g/mol. The van der Waals surface area contributed by atoms with E-state index >= 15 is 0 Å². The third-order valence-electron chi connectivity index (χ3n) is 2.12. The topological polar surface area (TPSA) is 38.7 Å². The first-order valence-electron chi connectivity index (χ1n) is 5.38. The lowest BCUT2D eigenvalue weighted by Gasteiger charge is -2.17. The monoisotopic (exact) mass is 244 g/mol. The maximum Gasteiger partial charge on any atom is 0.161 e. The largest absolute Gasteiger partial charge is 0.506 e. The summed E-state index contributed by atoms with van der Waals surface area (Å²) in [6.45, 7) is 5.07. The van der Waals surface area contributed by atoms with E-state index < -0.39 is 0 Å². The fourth-order valence-electron chi connectivity index (χ4n) is 1.41. The first kappa shape index (κ1) is 13.3. The zero-order valence-corrected chi connectivity index (χ0v) is 10.3. The van der Waals surface area contributed by atoms with E-state index in [0.717, 1.165) is 5.56 Å². The number of phenols is 1. The normalized spacial score (nSPS) is 11.0. The smallest absolute Gasteiger partial charge is 0.161 e. The Hall–Kier alpha value is -0.770. The molecular formula is C12H17ClO3. The van der Waals surface area contributed by atoms with Crippen LogP contribution in [0, 0.1) is 0 Å². The number of hydrogen-bond donors (Lipinski definition) is 1. The summed E-state index contributed by atoms with van der Waals surface area (Å²) in [5, 5.41) is 9.64. The molecular weight excluding hydrogens is 228 g/mol. The fraction of sp³-hybridized carbons (Fsp3) is 0.500. The van der Waals surface area contributed by atoms with Crippen molar-refractivity contribution in [1.82, 2.24) is 0 Å². The van der Waals surface area contributed by atoms with Gasteiger partial charge in [0.05, 0.1) is 5.02 Å². The zero-order chi connectivity index (χ0) is 12.0. The molecule has 0 atom stereocenters. The van der Waals surface area contributed by atoms with Crippen molar-refractivity contribution in [3.63, 3.8) is 0 Å². The lowest BCUT2D eigenvalue weighted by molar-refractivity contribution is -0.134. The molecule has 16 heavy (non-hydrogen) atoms. The van der Waals surface area contributed by atoms with Gasteiger partial charge in [-0.25, -0.2) is 0 Å². The van der Waals surface area contributed by atoms with Gasteiger partial charge in [-0.3, -0.25) is 0 Å². The van der Waals surface area contributed by atoms with E-state index in [1.165, 1.54) is 0 Å². The van der Waals surface area contributed by atoms with E-state index in [2.05, 4.69) is 0 Å². The van der Waals surface area contributed by atoms with Gasteiger partial charge in [-0.1, -0.05) is 17.7 Å². The van der Waals surface area contributed by atoms with Gasteiger partial charge in [-0.15, -0.1) is 0 Å². The highest BCUT2D eigenvalue weighted by Crippen LogP contribution is 2.24. The Kier molecular flexibility index (Phi) is 5.60.